The van der Waals surface area contributed by atoms with Crippen molar-refractivity contribution in [3.8, 4) is 23.0 Å². The summed E-state index contributed by atoms with van der Waals surface area (Å²) in [6, 6.07) is 9.20. The third-order valence-electron chi connectivity index (χ3n) is 5.83. The number of hydrogen-bond acceptors (Lipinski definition) is 8. The summed E-state index contributed by atoms with van der Waals surface area (Å²) in [6.07, 6.45) is 1.62. The summed E-state index contributed by atoms with van der Waals surface area (Å²) in [5.74, 6) is 0.147. The van der Waals surface area contributed by atoms with Crippen molar-refractivity contribution in [1.29, 1.82) is 0 Å². The average Bonchev–Trinajstić information content (AvgIpc) is 3.15. The number of carbonyl (C=O) groups is 2. The molecule has 0 aromatic heterocycles. The zero-order valence-corrected chi connectivity index (χ0v) is 20.3. The Morgan fingerprint density at radius 2 is 1.89 bits per heavy atom. The number of Topliss-reactive ketones (excluding diaryl/α,β-unsaturated/α-hetero) is 1. The van der Waals surface area contributed by atoms with Crippen molar-refractivity contribution in [2.75, 3.05) is 46.7 Å². The number of fused-ring (bicyclic) bond motifs is 1. The number of hydrogen-bond donors (Lipinski definition) is 1. The van der Waals surface area contributed by atoms with Crippen molar-refractivity contribution in [3.63, 3.8) is 0 Å². The normalized spacial score (nSPS) is 18.3. The fourth-order valence-electron chi connectivity index (χ4n) is 4.22. The summed E-state index contributed by atoms with van der Waals surface area (Å²) in [7, 11) is 1.51. The molecule has 2 aliphatic rings. The standard InChI is InChI=1S/C27H29NO8/c1-4-11-34-19-8-6-17(15-21(19)33-5-2)24-23(26(30)27(31)28(24)10-12-32-3)25(29)18-7-9-20-22(16-18)36-14-13-35-20/h4,6-9,15-16,24,29H,1,5,10-14H2,2-3H3/t24-/m1/s1. The molecule has 2 aromatic carbocycles. The predicted molar refractivity (Wildman–Crippen MR) is 132 cm³/mol. The van der Waals surface area contributed by atoms with E-state index >= 15 is 0 Å². The van der Waals surface area contributed by atoms with E-state index < -0.39 is 17.7 Å². The number of benzene rings is 2. The minimum absolute atomic E-state index is 0.0324. The van der Waals surface area contributed by atoms with Crippen molar-refractivity contribution in [1.82, 2.24) is 4.90 Å². The van der Waals surface area contributed by atoms with Crippen LogP contribution in [-0.2, 0) is 14.3 Å². The van der Waals surface area contributed by atoms with E-state index in [0.29, 0.717) is 53.9 Å². The Labute approximate surface area is 209 Å². The topological polar surface area (TPSA) is 104 Å². The molecule has 2 aliphatic heterocycles. The van der Waals surface area contributed by atoms with E-state index in [0.717, 1.165) is 0 Å². The maximum atomic E-state index is 13.2. The minimum Gasteiger partial charge on any atom is -0.507 e. The van der Waals surface area contributed by atoms with E-state index in [1.54, 1.807) is 42.5 Å². The molecule has 0 unspecified atom stereocenters. The van der Waals surface area contributed by atoms with Crippen LogP contribution in [0.3, 0.4) is 0 Å². The first-order chi connectivity index (χ1) is 17.5. The van der Waals surface area contributed by atoms with Crippen LogP contribution in [0.4, 0.5) is 0 Å². The molecule has 1 amide bonds. The highest BCUT2D eigenvalue weighted by molar-refractivity contribution is 6.46. The van der Waals surface area contributed by atoms with Crippen LogP contribution in [0.5, 0.6) is 23.0 Å². The first-order valence-corrected chi connectivity index (χ1v) is 11.7. The molecule has 0 saturated carbocycles. The molecule has 9 nitrogen and oxygen atoms in total. The number of nitrogens with zero attached hydrogens (tertiary/aromatic N) is 1. The van der Waals surface area contributed by atoms with E-state index in [2.05, 4.69) is 6.58 Å². The second kappa shape index (κ2) is 11.2. The van der Waals surface area contributed by atoms with Gasteiger partial charge in [0.15, 0.2) is 23.0 Å². The van der Waals surface area contributed by atoms with Crippen molar-refractivity contribution in [3.05, 3.63) is 65.8 Å². The van der Waals surface area contributed by atoms with Crippen LogP contribution in [-0.4, -0.2) is 68.4 Å². The Morgan fingerprint density at radius 1 is 1.11 bits per heavy atom. The Balaban J connectivity index is 1.83. The summed E-state index contributed by atoms with van der Waals surface area (Å²) in [5.41, 5.74) is 0.888. The van der Waals surface area contributed by atoms with Gasteiger partial charge in [0.1, 0.15) is 25.6 Å². The smallest absolute Gasteiger partial charge is 0.295 e. The van der Waals surface area contributed by atoms with Gasteiger partial charge in [-0.05, 0) is 42.8 Å². The van der Waals surface area contributed by atoms with Gasteiger partial charge in [-0.15, -0.1) is 0 Å². The van der Waals surface area contributed by atoms with Gasteiger partial charge in [0, 0.05) is 19.2 Å². The number of ether oxygens (including phenoxy) is 5. The van der Waals surface area contributed by atoms with Gasteiger partial charge >= 0.3 is 0 Å². The average molecular weight is 496 g/mol. The quantitative estimate of drug-likeness (QED) is 0.231. The Kier molecular flexibility index (Phi) is 7.80. The van der Waals surface area contributed by atoms with Crippen LogP contribution >= 0.6 is 0 Å². The maximum Gasteiger partial charge on any atom is 0.295 e. The van der Waals surface area contributed by atoms with Gasteiger partial charge in [-0.25, -0.2) is 0 Å². The highest BCUT2D eigenvalue weighted by Crippen LogP contribution is 2.43. The van der Waals surface area contributed by atoms with Crippen LogP contribution in [0.15, 0.2) is 54.6 Å². The van der Waals surface area contributed by atoms with Gasteiger partial charge in [-0.3, -0.25) is 9.59 Å². The molecule has 190 valence electrons. The first kappa shape index (κ1) is 25.1. The van der Waals surface area contributed by atoms with Crippen molar-refractivity contribution in [2.24, 2.45) is 0 Å². The van der Waals surface area contributed by atoms with Crippen LogP contribution in [0.25, 0.3) is 5.76 Å². The lowest BCUT2D eigenvalue weighted by molar-refractivity contribution is -0.140. The minimum atomic E-state index is -0.860. The van der Waals surface area contributed by atoms with Gasteiger partial charge in [-0.2, -0.15) is 0 Å². The summed E-state index contributed by atoms with van der Waals surface area (Å²) in [6.45, 7) is 7.35. The zero-order valence-electron chi connectivity index (χ0n) is 20.3. The molecule has 1 fully saturated rings. The summed E-state index contributed by atoms with van der Waals surface area (Å²) < 4.78 is 27.8. The fraction of sp³-hybridized carbons (Fsp3) is 0.333. The van der Waals surface area contributed by atoms with Gasteiger partial charge in [0.05, 0.1) is 24.8 Å². The molecule has 2 aromatic rings. The second-order valence-corrected chi connectivity index (χ2v) is 8.08. The number of amides is 1. The monoisotopic (exact) mass is 495 g/mol. The molecule has 2 heterocycles. The largest absolute Gasteiger partial charge is 0.507 e. The van der Waals surface area contributed by atoms with Crippen molar-refractivity contribution in [2.45, 2.75) is 13.0 Å². The fourth-order valence-corrected chi connectivity index (χ4v) is 4.22. The molecular formula is C27H29NO8. The lowest BCUT2D eigenvalue weighted by Crippen LogP contribution is -2.32. The van der Waals surface area contributed by atoms with Crippen LogP contribution in [0.1, 0.15) is 24.1 Å². The zero-order chi connectivity index (χ0) is 25.7. The van der Waals surface area contributed by atoms with Crippen molar-refractivity contribution < 1.29 is 38.4 Å². The number of aliphatic hydroxyl groups is 1. The number of carbonyl (C=O) groups excluding carboxylic acids is 2. The third-order valence-corrected chi connectivity index (χ3v) is 5.83. The number of likely N-dealkylation sites (tertiary alicyclic amines) is 1. The number of ketones is 1. The Bertz CT molecular complexity index is 1190. The van der Waals surface area contributed by atoms with Gasteiger partial charge in [-0.1, -0.05) is 18.7 Å². The summed E-state index contributed by atoms with van der Waals surface area (Å²) in [5, 5.41) is 11.3. The van der Waals surface area contributed by atoms with E-state index in [-0.39, 0.29) is 31.1 Å². The number of rotatable bonds is 10. The summed E-state index contributed by atoms with van der Waals surface area (Å²) >= 11 is 0. The second-order valence-electron chi connectivity index (χ2n) is 8.08. The SMILES string of the molecule is C=CCOc1ccc([C@@H]2C(=C(O)c3ccc4c(c3)OCCO4)C(=O)C(=O)N2CCOC)cc1OCC. The van der Waals surface area contributed by atoms with Crippen molar-refractivity contribution >= 4 is 17.4 Å². The van der Waals surface area contributed by atoms with Gasteiger partial charge in [0.2, 0.25) is 0 Å². The molecule has 4 rings (SSSR count). The van der Waals surface area contributed by atoms with Gasteiger partial charge in [0.25, 0.3) is 11.7 Å². The van der Waals surface area contributed by atoms with Gasteiger partial charge < -0.3 is 33.7 Å². The Morgan fingerprint density at radius 3 is 2.61 bits per heavy atom. The van der Waals surface area contributed by atoms with E-state index in [1.807, 2.05) is 6.92 Å². The molecule has 9 heteroatoms. The lowest BCUT2D eigenvalue weighted by Gasteiger charge is -2.26. The molecule has 0 radical (unpaired) electrons. The molecular weight excluding hydrogens is 466 g/mol. The molecule has 1 saturated heterocycles. The van der Waals surface area contributed by atoms with E-state index in [9.17, 15) is 14.7 Å². The molecule has 1 N–H and O–H groups in total. The number of methoxy groups -OCH3 is 1. The molecule has 0 spiro atoms. The lowest BCUT2D eigenvalue weighted by atomic mass is 9.94. The van der Waals surface area contributed by atoms with E-state index in [1.165, 1.54) is 12.0 Å². The molecule has 36 heavy (non-hydrogen) atoms. The third kappa shape index (κ3) is 4.87. The summed E-state index contributed by atoms with van der Waals surface area (Å²) in [4.78, 5) is 27.7. The van der Waals surface area contributed by atoms with Crippen LogP contribution in [0, 0.1) is 0 Å². The highest BCUT2D eigenvalue weighted by Gasteiger charge is 2.46. The first-order valence-electron chi connectivity index (χ1n) is 11.7. The maximum absolute atomic E-state index is 13.2. The predicted octanol–water partition coefficient (Wildman–Crippen LogP) is 3.49. The van der Waals surface area contributed by atoms with Crippen LogP contribution in [0.2, 0.25) is 0 Å². The number of aliphatic hydroxyl groups excluding tert-OH is 1. The van der Waals surface area contributed by atoms with Crippen LogP contribution < -0.4 is 18.9 Å². The Hall–Kier alpha value is -3.98. The highest BCUT2D eigenvalue weighted by atomic mass is 16.6. The van der Waals surface area contributed by atoms with E-state index in [4.69, 9.17) is 23.7 Å². The molecule has 0 aliphatic carbocycles. The molecule has 1 atom stereocenters. The molecule has 0 bridgehead atoms.